The van der Waals surface area contributed by atoms with Gasteiger partial charge in [0.1, 0.15) is 11.5 Å². The number of halogens is 2. The topological polar surface area (TPSA) is 75.4 Å². The Morgan fingerprint density at radius 1 is 1.50 bits per heavy atom. The molecule has 0 saturated carbocycles. The number of rotatable bonds is 5. The number of hydrogen-bond donors (Lipinski definition) is 2. The third-order valence-corrected chi connectivity index (χ3v) is 2.63. The van der Waals surface area contributed by atoms with Crippen LogP contribution in [-0.4, -0.2) is 22.2 Å². The molecular formula is C11H14F2N2O3. The van der Waals surface area contributed by atoms with Gasteiger partial charge in [-0.05, 0) is 13.3 Å². The van der Waals surface area contributed by atoms with Gasteiger partial charge >= 0.3 is 5.69 Å². The SMILES string of the molecule is CCC(C)(O)CNc1cc(F)cc(F)c1[N+](=O)[O-]. The van der Waals surface area contributed by atoms with Crippen molar-refractivity contribution in [1.29, 1.82) is 0 Å². The largest absolute Gasteiger partial charge is 0.388 e. The van der Waals surface area contributed by atoms with Crippen LogP contribution in [0, 0.1) is 21.7 Å². The van der Waals surface area contributed by atoms with E-state index < -0.39 is 27.8 Å². The number of nitro groups is 1. The zero-order chi connectivity index (χ0) is 13.9. The van der Waals surface area contributed by atoms with Gasteiger partial charge in [0.25, 0.3) is 0 Å². The summed E-state index contributed by atoms with van der Waals surface area (Å²) in [4.78, 5) is 9.76. The van der Waals surface area contributed by atoms with Crippen molar-refractivity contribution in [3.63, 3.8) is 0 Å². The van der Waals surface area contributed by atoms with E-state index in [9.17, 15) is 24.0 Å². The van der Waals surface area contributed by atoms with Crippen LogP contribution in [0.1, 0.15) is 20.3 Å². The molecule has 0 aliphatic rings. The van der Waals surface area contributed by atoms with Crippen LogP contribution in [0.3, 0.4) is 0 Å². The van der Waals surface area contributed by atoms with Gasteiger partial charge in [-0.15, -0.1) is 0 Å². The first-order valence-corrected chi connectivity index (χ1v) is 5.36. The van der Waals surface area contributed by atoms with Gasteiger partial charge in [0.2, 0.25) is 5.82 Å². The first kappa shape index (κ1) is 14.3. The Bertz CT molecular complexity index is 464. The maximum absolute atomic E-state index is 13.3. The summed E-state index contributed by atoms with van der Waals surface area (Å²) in [5.41, 5.74) is -2.23. The van der Waals surface area contributed by atoms with Crippen LogP contribution in [0.2, 0.25) is 0 Å². The van der Waals surface area contributed by atoms with Crippen molar-refractivity contribution in [2.75, 3.05) is 11.9 Å². The van der Waals surface area contributed by atoms with Crippen molar-refractivity contribution < 1.29 is 18.8 Å². The normalized spacial score (nSPS) is 14.1. The number of nitrogens with zero attached hydrogens (tertiary/aromatic N) is 1. The van der Waals surface area contributed by atoms with Crippen molar-refractivity contribution in [2.45, 2.75) is 25.9 Å². The molecule has 0 spiro atoms. The molecule has 0 radical (unpaired) electrons. The molecule has 100 valence electrons. The van der Waals surface area contributed by atoms with E-state index in [0.29, 0.717) is 12.5 Å². The Hall–Kier alpha value is -1.76. The van der Waals surface area contributed by atoms with E-state index in [-0.39, 0.29) is 12.2 Å². The van der Waals surface area contributed by atoms with Crippen molar-refractivity contribution >= 4 is 11.4 Å². The van der Waals surface area contributed by atoms with E-state index >= 15 is 0 Å². The van der Waals surface area contributed by atoms with Crippen molar-refractivity contribution in [3.05, 3.63) is 33.9 Å². The minimum absolute atomic E-state index is 0.0484. The van der Waals surface area contributed by atoms with E-state index in [4.69, 9.17) is 0 Å². The van der Waals surface area contributed by atoms with Crippen LogP contribution in [-0.2, 0) is 0 Å². The molecule has 0 bridgehead atoms. The summed E-state index contributed by atoms with van der Waals surface area (Å²) in [7, 11) is 0. The average Bonchev–Trinajstić information content (AvgIpc) is 2.25. The van der Waals surface area contributed by atoms with Crippen molar-refractivity contribution in [2.24, 2.45) is 0 Å². The summed E-state index contributed by atoms with van der Waals surface area (Å²) in [6.45, 7) is 3.19. The van der Waals surface area contributed by atoms with Gasteiger partial charge < -0.3 is 10.4 Å². The second kappa shape index (κ2) is 5.26. The number of anilines is 1. The molecular weight excluding hydrogens is 246 g/mol. The Labute approximate surface area is 103 Å². The summed E-state index contributed by atoms with van der Waals surface area (Å²) < 4.78 is 26.3. The van der Waals surface area contributed by atoms with Crippen LogP contribution < -0.4 is 5.32 Å². The Kier molecular flexibility index (Phi) is 4.18. The first-order valence-electron chi connectivity index (χ1n) is 5.36. The fourth-order valence-electron chi connectivity index (χ4n) is 1.30. The van der Waals surface area contributed by atoms with E-state index in [2.05, 4.69) is 5.32 Å². The zero-order valence-corrected chi connectivity index (χ0v) is 10.0. The number of nitro benzene ring substituents is 1. The molecule has 0 aromatic heterocycles. The first-order chi connectivity index (χ1) is 8.26. The molecule has 0 aliphatic carbocycles. The number of benzene rings is 1. The monoisotopic (exact) mass is 260 g/mol. The van der Waals surface area contributed by atoms with Gasteiger partial charge in [-0.3, -0.25) is 10.1 Å². The maximum atomic E-state index is 13.3. The molecule has 0 amide bonds. The average molecular weight is 260 g/mol. The highest BCUT2D eigenvalue weighted by atomic mass is 19.1. The van der Waals surface area contributed by atoms with Gasteiger partial charge in [-0.1, -0.05) is 6.92 Å². The Morgan fingerprint density at radius 3 is 2.61 bits per heavy atom. The van der Waals surface area contributed by atoms with Gasteiger partial charge in [0.15, 0.2) is 0 Å². The van der Waals surface area contributed by atoms with Crippen molar-refractivity contribution in [3.8, 4) is 0 Å². The molecule has 2 N–H and O–H groups in total. The maximum Gasteiger partial charge on any atom is 0.327 e. The van der Waals surface area contributed by atoms with Gasteiger partial charge in [-0.2, -0.15) is 4.39 Å². The third kappa shape index (κ3) is 3.36. The Morgan fingerprint density at radius 2 is 2.11 bits per heavy atom. The van der Waals surface area contributed by atoms with Gasteiger partial charge in [0, 0.05) is 18.7 Å². The molecule has 0 heterocycles. The molecule has 1 aromatic rings. The van der Waals surface area contributed by atoms with Crippen LogP contribution in [0.25, 0.3) is 0 Å². The lowest BCUT2D eigenvalue weighted by molar-refractivity contribution is -0.386. The van der Waals surface area contributed by atoms with E-state index in [1.807, 2.05) is 0 Å². The highest BCUT2D eigenvalue weighted by Crippen LogP contribution is 2.29. The molecule has 1 unspecified atom stereocenters. The second-order valence-corrected chi connectivity index (χ2v) is 4.24. The van der Waals surface area contributed by atoms with Crippen molar-refractivity contribution in [1.82, 2.24) is 0 Å². The molecule has 0 aliphatic heterocycles. The highest BCUT2D eigenvalue weighted by molar-refractivity contribution is 5.62. The predicted molar refractivity (Wildman–Crippen MR) is 62.4 cm³/mol. The summed E-state index contributed by atoms with van der Waals surface area (Å²) in [6, 6.07) is 1.27. The molecule has 0 fully saturated rings. The summed E-state index contributed by atoms with van der Waals surface area (Å²) in [5, 5.41) is 22.9. The summed E-state index contributed by atoms with van der Waals surface area (Å²) in [6.07, 6.45) is 0.394. The molecule has 1 rings (SSSR count). The fraction of sp³-hybridized carbons (Fsp3) is 0.455. The van der Waals surface area contributed by atoms with E-state index in [0.717, 1.165) is 6.07 Å². The smallest absolute Gasteiger partial charge is 0.327 e. The van der Waals surface area contributed by atoms with Crippen LogP contribution in [0.4, 0.5) is 20.2 Å². The lowest BCUT2D eigenvalue weighted by Gasteiger charge is -2.22. The lowest BCUT2D eigenvalue weighted by Crippen LogP contribution is -2.32. The van der Waals surface area contributed by atoms with Crippen LogP contribution >= 0.6 is 0 Å². The van der Waals surface area contributed by atoms with Gasteiger partial charge in [-0.25, -0.2) is 4.39 Å². The summed E-state index contributed by atoms with van der Waals surface area (Å²) >= 11 is 0. The standard InChI is InChI=1S/C11H14F2N2O3/c1-3-11(2,16)6-14-9-5-7(12)4-8(13)10(9)15(17)18/h4-5,14,16H,3,6H2,1-2H3. The zero-order valence-electron chi connectivity index (χ0n) is 10.0. The van der Waals surface area contributed by atoms with Crippen LogP contribution in [0.5, 0.6) is 0 Å². The fourth-order valence-corrected chi connectivity index (χ4v) is 1.30. The number of nitrogens with one attached hydrogen (secondary N) is 1. The molecule has 1 aromatic carbocycles. The summed E-state index contributed by atoms with van der Waals surface area (Å²) in [5.74, 6) is -2.17. The van der Waals surface area contributed by atoms with Gasteiger partial charge in [0.05, 0.1) is 10.5 Å². The number of aliphatic hydroxyl groups is 1. The van der Waals surface area contributed by atoms with E-state index in [1.54, 1.807) is 6.92 Å². The predicted octanol–water partition coefficient (Wildman–Crippen LogP) is 2.45. The molecule has 18 heavy (non-hydrogen) atoms. The van der Waals surface area contributed by atoms with E-state index in [1.165, 1.54) is 6.92 Å². The highest BCUT2D eigenvalue weighted by Gasteiger charge is 2.24. The third-order valence-electron chi connectivity index (χ3n) is 2.63. The minimum atomic E-state index is -1.25. The minimum Gasteiger partial charge on any atom is -0.388 e. The number of hydrogen-bond acceptors (Lipinski definition) is 4. The molecule has 5 nitrogen and oxygen atoms in total. The quantitative estimate of drug-likeness (QED) is 0.629. The molecule has 7 heteroatoms. The lowest BCUT2D eigenvalue weighted by atomic mass is 10.0. The Balaban J connectivity index is 3.04. The second-order valence-electron chi connectivity index (χ2n) is 4.24. The molecule has 0 saturated heterocycles. The molecule has 1 atom stereocenters. The van der Waals surface area contributed by atoms with Crippen LogP contribution in [0.15, 0.2) is 12.1 Å².